The van der Waals surface area contributed by atoms with Crippen LogP contribution in [0.2, 0.25) is 0 Å². The first-order valence-corrected chi connectivity index (χ1v) is 7.90. The lowest BCUT2D eigenvalue weighted by Crippen LogP contribution is -2.32. The largest absolute Gasteiger partial charge is 0.396 e. The van der Waals surface area contributed by atoms with Gasteiger partial charge in [0, 0.05) is 24.2 Å². The van der Waals surface area contributed by atoms with Crippen LogP contribution in [0.5, 0.6) is 0 Å². The Hall–Kier alpha value is -0.450. The molecule has 2 rings (SSSR count). The van der Waals surface area contributed by atoms with Gasteiger partial charge in [-0.25, -0.2) is 4.98 Å². The van der Waals surface area contributed by atoms with Gasteiger partial charge in [-0.2, -0.15) is 0 Å². The molecular formula is C14H24N2OS. The average Bonchev–Trinajstić information content (AvgIpc) is 2.87. The van der Waals surface area contributed by atoms with Gasteiger partial charge in [0.05, 0.1) is 5.01 Å². The van der Waals surface area contributed by atoms with E-state index in [1.54, 1.807) is 11.3 Å². The molecule has 1 aromatic rings. The van der Waals surface area contributed by atoms with Crippen LogP contribution in [-0.4, -0.2) is 23.2 Å². The Morgan fingerprint density at radius 3 is 2.83 bits per heavy atom. The van der Waals surface area contributed by atoms with Crippen LogP contribution >= 0.6 is 11.3 Å². The number of aromatic nitrogens is 1. The summed E-state index contributed by atoms with van der Waals surface area (Å²) in [6, 6.07) is 0. The van der Waals surface area contributed by atoms with E-state index in [0.29, 0.717) is 18.4 Å². The van der Waals surface area contributed by atoms with Crippen LogP contribution in [0.25, 0.3) is 0 Å². The number of aliphatic hydroxyl groups excluding tert-OH is 1. The number of aliphatic hydroxyl groups is 1. The number of nitrogens with one attached hydrogen (secondary N) is 1. The molecule has 0 aromatic carbocycles. The fourth-order valence-electron chi connectivity index (χ4n) is 2.77. The first-order valence-electron chi connectivity index (χ1n) is 7.08. The second-order valence-corrected chi connectivity index (χ2v) is 6.39. The van der Waals surface area contributed by atoms with Crippen LogP contribution in [0.3, 0.4) is 0 Å². The van der Waals surface area contributed by atoms with Crippen molar-refractivity contribution in [3.05, 3.63) is 16.1 Å². The Kier molecular flexibility index (Phi) is 5.60. The van der Waals surface area contributed by atoms with Crippen LogP contribution in [0.4, 0.5) is 0 Å². The third kappa shape index (κ3) is 3.77. The minimum Gasteiger partial charge on any atom is -0.396 e. The van der Waals surface area contributed by atoms with Gasteiger partial charge in [-0.05, 0) is 37.6 Å². The standard InChI is InChI=1S/C14H24N2OS/c1-2-14-16-9-13(18-14)8-15-7-11-5-3-4-6-12(11)10-17/h9,11-12,15,17H,2-8,10H2,1H3. The van der Waals surface area contributed by atoms with Gasteiger partial charge in [-0.3, -0.25) is 0 Å². The maximum Gasteiger partial charge on any atom is 0.0925 e. The van der Waals surface area contributed by atoms with Crippen molar-refractivity contribution in [3.63, 3.8) is 0 Å². The van der Waals surface area contributed by atoms with Gasteiger partial charge in [0.1, 0.15) is 0 Å². The fourth-order valence-corrected chi connectivity index (χ4v) is 3.60. The Morgan fingerprint density at radius 1 is 1.39 bits per heavy atom. The molecule has 1 heterocycles. The van der Waals surface area contributed by atoms with E-state index in [2.05, 4.69) is 17.2 Å². The molecule has 18 heavy (non-hydrogen) atoms. The van der Waals surface area contributed by atoms with E-state index in [1.807, 2.05) is 6.20 Å². The van der Waals surface area contributed by atoms with Crippen LogP contribution in [0, 0.1) is 11.8 Å². The average molecular weight is 268 g/mol. The monoisotopic (exact) mass is 268 g/mol. The normalized spacial score (nSPS) is 24.3. The molecule has 0 spiro atoms. The summed E-state index contributed by atoms with van der Waals surface area (Å²) in [4.78, 5) is 5.69. The maximum absolute atomic E-state index is 9.38. The van der Waals surface area contributed by atoms with Gasteiger partial charge >= 0.3 is 0 Å². The van der Waals surface area contributed by atoms with Gasteiger partial charge in [-0.1, -0.05) is 19.8 Å². The maximum atomic E-state index is 9.38. The Labute approximate surface area is 114 Å². The van der Waals surface area contributed by atoms with Crippen LogP contribution in [0.15, 0.2) is 6.20 Å². The van der Waals surface area contributed by atoms with Crippen molar-refractivity contribution in [1.82, 2.24) is 10.3 Å². The highest BCUT2D eigenvalue weighted by atomic mass is 32.1. The molecule has 0 aliphatic heterocycles. The van der Waals surface area contributed by atoms with Crippen molar-refractivity contribution < 1.29 is 5.11 Å². The van der Waals surface area contributed by atoms with E-state index in [0.717, 1.165) is 19.5 Å². The number of hydrogen-bond acceptors (Lipinski definition) is 4. The summed E-state index contributed by atoms with van der Waals surface area (Å²) < 4.78 is 0. The lowest BCUT2D eigenvalue weighted by atomic mass is 9.79. The number of rotatable bonds is 6. The summed E-state index contributed by atoms with van der Waals surface area (Å²) >= 11 is 1.80. The van der Waals surface area contributed by atoms with E-state index in [1.165, 1.54) is 35.6 Å². The zero-order valence-electron chi connectivity index (χ0n) is 11.2. The van der Waals surface area contributed by atoms with E-state index in [-0.39, 0.29) is 0 Å². The van der Waals surface area contributed by atoms with Crippen molar-refractivity contribution in [1.29, 1.82) is 0 Å². The summed E-state index contributed by atoms with van der Waals surface area (Å²) in [6.45, 7) is 4.45. The summed E-state index contributed by atoms with van der Waals surface area (Å²) in [5, 5.41) is 14.1. The number of nitrogens with zero attached hydrogens (tertiary/aromatic N) is 1. The molecule has 2 atom stereocenters. The minimum atomic E-state index is 0.354. The van der Waals surface area contributed by atoms with Crippen LogP contribution in [0.1, 0.15) is 42.5 Å². The van der Waals surface area contributed by atoms with E-state index in [4.69, 9.17) is 0 Å². The molecule has 2 unspecified atom stereocenters. The quantitative estimate of drug-likeness (QED) is 0.833. The smallest absolute Gasteiger partial charge is 0.0925 e. The van der Waals surface area contributed by atoms with Crippen LogP contribution in [-0.2, 0) is 13.0 Å². The summed E-state index contributed by atoms with van der Waals surface area (Å²) in [6.07, 6.45) is 8.09. The molecule has 2 N–H and O–H groups in total. The molecule has 1 aromatic heterocycles. The molecule has 1 aliphatic carbocycles. The lowest BCUT2D eigenvalue weighted by Gasteiger charge is -2.30. The molecule has 3 nitrogen and oxygen atoms in total. The Balaban J connectivity index is 1.73. The van der Waals surface area contributed by atoms with Gasteiger partial charge in [-0.15, -0.1) is 11.3 Å². The molecule has 4 heteroatoms. The van der Waals surface area contributed by atoms with Crippen molar-refractivity contribution in [2.45, 2.75) is 45.6 Å². The molecule has 102 valence electrons. The Morgan fingerprint density at radius 2 is 2.17 bits per heavy atom. The third-order valence-electron chi connectivity index (χ3n) is 3.91. The predicted molar refractivity (Wildman–Crippen MR) is 75.7 cm³/mol. The van der Waals surface area contributed by atoms with E-state index in [9.17, 15) is 5.11 Å². The summed E-state index contributed by atoms with van der Waals surface area (Å²) in [5.41, 5.74) is 0. The second-order valence-electron chi connectivity index (χ2n) is 5.19. The summed E-state index contributed by atoms with van der Waals surface area (Å²) in [7, 11) is 0. The molecule has 0 amide bonds. The van der Waals surface area contributed by atoms with Crippen LogP contribution < -0.4 is 5.32 Å². The highest BCUT2D eigenvalue weighted by molar-refractivity contribution is 7.11. The second kappa shape index (κ2) is 7.22. The fraction of sp³-hybridized carbons (Fsp3) is 0.786. The molecule has 1 fully saturated rings. The van der Waals surface area contributed by atoms with Crippen molar-refractivity contribution >= 4 is 11.3 Å². The molecule has 0 radical (unpaired) electrons. The third-order valence-corrected chi connectivity index (χ3v) is 5.05. The zero-order chi connectivity index (χ0) is 12.8. The van der Waals surface area contributed by atoms with E-state index >= 15 is 0 Å². The van der Waals surface area contributed by atoms with Crippen molar-refractivity contribution in [2.24, 2.45) is 11.8 Å². The predicted octanol–water partition coefficient (Wildman–Crippen LogP) is 2.59. The van der Waals surface area contributed by atoms with Gasteiger partial charge < -0.3 is 10.4 Å². The lowest BCUT2D eigenvalue weighted by molar-refractivity contribution is 0.133. The van der Waals surface area contributed by atoms with E-state index < -0.39 is 0 Å². The zero-order valence-corrected chi connectivity index (χ0v) is 12.0. The molecule has 0 saturated heterocycles. The number of hydrogen-bond donors (Lipinski definition) is 2. The Bertz CT molecular complexity index is 353. The molecule has 1 aliphatic rings. The summed E-state index contributed by atoms with van der Waals surface area (Å²) in [5.74, 6) is 1.17. The SMILES string of the molecule is CCc1ncc(CNCC2CCCCC2CO)s1. The van der Waals surface area contributed by atoms with Gasteiger partial charge in [0.25, 0.3) is 0 Å². The van der Waals surface area contributed by atoms with Crippen molar-refractivity contribution in [2.75, 3.05) is 13.2 Å². The first kappa shape index (κ1) is 14.0. The molecule has 1 saturated carbocycles. The molecule has 0 bridgehead atoms. The minimum absolute atomic E-state index is 0.354. The highest BCUT2D eigenvalue weighted by Gasteiger charge is 2.23. The first-order chi connectivity index (χ1) is 8.83. The van der Waals surface area contributed by atoms with Gasteiger partial charge in [0.15, 0.2) is 0 Å². The van der Waals surface area contributed by atoms with Crippen molar-refractivity contribution in [3.8, 4) is 0 Å². The highest BCUT2D eigenvalue weighted by Crippen LogP contribution is 2.29. The topological polar surface area (TPSA) is 45.2 Å². The number of aryl methyl sites for hydroxylation is 1. The van der Waals surface area contributed by atoms with Gasteiger partial charge in [0.2, 0.25) is 0 Å². The molecular weight excluding hydrogens is 244 g/mol. The number of thiazole rings is 1.